The van der Waals surface area contributed by atoms with Crippen LogP contribution in [0.1, 0.15) is 32.6 Å². The normalized spacial score (nSPS) is 11.2. The van der Waals surface area contributed by atoms with Crippen LogP contribution in [0.25, 0.3) is 0 Å². The summed E-state index contributed by atoms with van der Waals surface area (Å²) >= 11 is 0. The summed E-state index contributed by atoms with van der Waals surface area (Å²) in [5, 5.41) is 0. The Morgan fingerprint density at radius 3 is 1.58 bits per heavy atom. The Kier molecular flexibility index (Phi) is 7.86. The Morgan fingerprint density at radius 1 is 0.639 bits per heavy atom. The quantitative estimate of drug-likeness (QED) is 0.293. The average molecular weight is 499 g/mol. The van der Waals surface area contributed by atoms with Gasteiger partial charge < -0.3 is 4.90 Å². The Balaban J connectivity index is 1.58. The second-order valence-corrected chi connectivity index (χ2v) is 10.8. The van der Waals surface area contributed by atoms with Gasteiger partial charge in [0.2, 0.25) is 10.0 Å². The molecule has 0 atom stereocenters. The molecular formula is C30H30N2O3S. The van der Waals surface area contributed by atoms with Gasteiger partial charge in [-0.25, -0.2) is 8.42 Å². The molecule has 0 saturated carbocycles. The first-order chi connectivity index (χ1) is 17.3. The van der Waals surface area contributed by atoms with E-state index in [2.05, 4.69) is 0 Å². The molecule has 0 saturated heterocycles. The standard InChI is InChI=1S/C30H30N2O3S/c1-24-13-15-27(16-14-24)23-32(36(2,34)35)29-19-17-28(18-20-29)30(33)31(21-25-9-5-3-6-10-25)22-26-11-7-4-8-12-26/h3-20H,21-23H2,1-2H3. The van der Waals surface area contributed by atoms with Crippen LogP contribution in [0.2, 0.25) is 0 Å². The van der Waals surface area contributed by atoms with Crippen LogP contribution in [0.15, 0.2) is 109 Å². The van der Waals surface area contributed by atoms with Gasteiger partial charge in [0.25, 0.3) is 5.91 Å². The molecule has 184 valence electrons. The number of carbonyl (C=O) groups is 1. The number of carbonyl (C=O) groups excluding carboxylic acids is 1. The van der Waals surface area contributed by atoms with E-state index in [0.29, 0.717) is 24.3 Å². The van der Waals surface area contributed by atoms with Gasteiger partial charge >= 0.3 is 0 Å². The lowest BCUT2D eigenvalue weighted by molar-refractivity contribution is 0.0730. The summed E-state index contributed by atoms with van der Waals surface area (Å²) in [4.78, 5) is 15.4. The molecule has 0 N–H and O–H groups in total. The Hall–Kier alpha value is -3.90. The summed E-state index contributed by atoms with van der Waals surface area (Å²) in [6, 6.07) is 34.4. The molecule has 0 unspecified atom stereocenters. The topological polar surface area (TPSA) is 57.7 Å². The van der Waals surface area contributed by atoms with Crippen LogP contribution < -0.4 is 4.31 Å². The lowest BCUT2D eigenvalue weighted by atomic mass is 10.1. The Labute approximate surface area is 213 Å². The van der Waals surface area contributed by atoms with Crippen molar-refractivity contribution in [3.63, 3.8) is 0 Å². The number of aryl methyl sites for hydroxylation is 1. The van der Waals surface area contributed by atoms with Gasteiger partial charge in [-0.1, -0.05) is 90.5 Å². The molecule has 36 heavy (non-hydrogen) atoms. The molecule has 0 aliphatic heterocycles. The highest BCUT2D eigenvalue weighted by Crippen LogP contribution is 2.23. The third-order valence-electron chi connectivity index (χ3n) is 5.97. The monoisotopic (exact) mass is 498 g/mol. The Bertz CT molecular complexity index is 1350. The predicted octanol–water partition coefficient (Wildman–Crippen LogP) is 5.80. The highest BCUT2D eigenvalue weighted by Gasteiger charge is 2.20. The predicted molar refractivity (Wildman–Crippen MR) is 145 cm³/mol. The molecule has 4 aromatic carbocycles. The number of anilines is 1. The van der Waals surface area contributed by atoms with Crippen LogP contribution in [-0.2, 0) is 29.7 Å². The number of rotatable bonds is 9. The summed E-state index contributed by atoms with van der Waals surface area (Å²) in [6.45, 7) is 3.16. The minimum atomic E-state index is -3.52. The van der Waals surface area contributed by atoms with Crippen LogP contribution >= 0.6 is 0 Å². The van der Waals surface area contributed by atoms with E-state index in [1.54, 1.807) is 29.2 Å². The number of hydrogen-bond donors (Lipinski definition) is 0. The van der Waals surface area contributed by atoms with Crippen molar-refractivity contribution in [3.8, 4) is 0 Å². The van der Waals surface area contributed by atoms with E-state index in [0.717, 1.165) is 22.3 Å². The van der Waals surface area contributed by atoms with Crippen molar-refractivity contribution in [1.29, 1.82) is 0 Å². The SMILES string of the molecule is Cc1ccc(CN(c2ccc(C(=O)N(Cc3ccccc3)Cc3ccccc3)cc2)S(C)(=O)=O)cc1. The molecule has 0 aliphatic rings. The van der Waals surface area contributed by atoms with Crippen molar-refractivity contribution in [3.05, 3.63) is 137 Å². The van der Waals surface area contributed by atoms with Crippen molar-refractivity contribution < 1.29 is 13.2 Å². The summed E-state index contributed by atoms with van der Waals surface area (Å²) in [5.41, 5.74) is 5.12. The number of amides is 1. The zero-order valence-electron chi connectivity index (χ0n) is 20.5. The van der Waals surface area contributed by atoms with Crippen LogP contribution in [0, 0.1) is 6.92 Å². The third-order valence-corrected chi connectivity index (χ3v) is 7.11. The van der Waals surface area contributed by atoms with E-state index >= 15 is 0 Å². The second kappa shape index (κ2) is 11.2. The lowest BCUT2D eigenvalue weighted by Gasteiger charge is -2.25. The highest BCUT2D eigenvalue weighted by atomic mass is 32.2. The maximum Gasteiger partial charge on any atom is 0.254 e. The van der Waals surface area contributed by atoms with Gasteiger partial charge in [0, 0.05) is 18.7 Å². The van der Waals surface area contributed by atoms with Crippen LogP contribution in [-0.4, -0.2) is 25.5 Å². The first-order valence-corrected chi connectivity index (χ1v) is 13.6. The van der Waals surface area contributed by atoms with E-state index in [1.165, 1.54) is 10.6 Å². The van der Waals surface area contributed by atoms with Crippen LogP contribution in [0.4, 0.5) is 5.69 Å². The largest absolute Gasteiger partial charge is 0.330 e. The molecule has 0 aromatic heterocycles. The maximum absolute atomic E-state index is 13.5. The first kappa shape index (κ1) is 25.2. The maximum atomic E-state index is 13.5. The highest BCUT2D eigenvalue weighted by molar-refractivity contribution is 7.92. The molecule has 1 amide bonds. The van der Waals surface area contributed by atoms with Gasteiger partial charge in [0.1, 0.15) is 0 Å². The van der Waals surface area contributed by atoms with Gasteiger partial charge in [0.05, 0.1) is 18.5 Å². The van der Waals surface area contributed by atoms with E-state index in [1.807, 2.05) is 91.9 Å². The molecule has 0 spiro atoms. The van der Waals surface area contributed by atoms with Gasteiger partial charge in [-0.15, -0.1) is 0 Å². The van der Waals surface area contributed by atoms with Gasteiger partial charge in [-0.3, -0.25) is 9.10 Å². The fourth-order valence-electron chi connectivity index (χ4n) is 4.02. The zero-order chi connectivity index (χ0) is 25.5. The fourth-order valence-corrected chi connectivity index (χ4v) is 4.91. The number of hydrogen-bond acceptors (Lipinski definition) is 3. The third kappa shape index (κ3) is 6.61. The number of benzene rings is 4. The summed E-state index contributed by atoms with van der Waals surface area (Å²) in [6.07, 6.45) is 1.20. The average Bonchev–Trinajstić information content (AvgIpc) is 2.88. The summed E-state index contributed by atoms with van der Waals surface area (Å²) in [7, 11) is -3.52. The van der Waals surface area contributed by atoms with Crippen LogP contribution in [0.3, 0.4) is 0 Å². The molecular weight excluding hydrogens is 468 g/mol. The molecule has 0 bridgehead atoms. The summed E-state index contributed by atoms with van der Waals surface area (Å²) < 4.78 is 26.5. The molecule has 0 fully saturated rings. The van der Waals surface area contributed by atoms with E-state index < -0.39 is 10.0 Å². The van der Waals surface area contributed by atoms with Gasteiger partial charge in [-0.05, 0) is 47.9 Å². The molecule has 6 heteroatoms. The second-order valence-electron chi connectivity index (χ2n) is 8.93. The van der Waals surface area contributed by atoms with Crippen molar-refractivity contribution >= 4 is 21.6 Å². The van der Waals surface area contributed by atoms with E-state index in [-0.39, 0.29) is 12.5 Å². The van der Waals surface area contributed by atoms with Crippen LogP contribution in [0.5, 0.6) is 0 Å². The Morgan fingerprint density at radius 2 is 1.11 bits per heavy atom. The van der Waals surface area contributed by atoms with Gasteiger partial charge in [0.15, 0.2) is 0 Å². The van der Waals surface area contributed by atoms with Crippen molar-refractivity contribution in [1.82, 2.24) is 4.90 Å². The number of sulfonamides is 1. The number of nitrogens with zero attached hydrogens (tertiary/aromatic N) is 2. The zero-order valence-corrected chi connectivity index (χ0v) is 21.4. The molecule has 5 nitrogen and oxygen atoms in total. The van der Waals surface area contributed by atoms with Crippen molar-refractivity contribution in [2.45, 2.75) is 26.6 Å². The molecule has 0 radical (unpaired) electrons. The van der Waals surface area contributed by atoms with Gasteiger partial charge in [-0.2, -0.15) is 0 Å². The molecule has 4 rings (SSSR count). The molecule has 0 aliphatic carbocycles. The molecule has 0 heterocycles. The van der Waals surface area contributed by atoms with Crippen molar-refractivity contribution in [2.75, 3.05) is 10.6 Å². The minimum absolute atomic E-state index is 0.112. The summed E-state index contributed by atoms with van der Waals surface area (Å²) in [5.74, 6) is -0.112. The van der Waals surface area contributed by atoms with Crippen molar-refractivity contribution in [2.24, 2.45) is 0 Å². The lowest BCUT2D eigenvalue weighted by Crippen LogP contribution is -2.31. The fraction of sp³-hybridized carbons (Fsp3) is 0.167. The first-order valence-electron chi connectivity index (χ1n) is 11.8. The smallest absolute Gasteiger partial charge is 0.254 e. The van der Waals surface area contributed by atoms with E-state index in [4.69, 9.17) is 0 Å². The van der Waals surface area contributed by atoms with E-state index in [9.17, 15) is 13.2 Å². The molecule has 4 aromatic rings. The minimum Gasteiger partial charge on any atom is -0.330 e.